The van der Waals surface area contributed by atoms with Gasteiger partial charge in [-0.25, -0.2) is 4.79 Å². The molecule has 3 nitrogen and oxygen atoms in total. The first-order valence-corrected chi connectivity index (χ1v) is 4.84. The van der Waals surface area contributed by atoms with Crippen LogP contribution in [0, 0.1) is 11.3 Å². The van der Waals surface area contributed by atoms with Crippen LogP contribution in [-0.4, -0.2) is 13.1 Å². The number of methoxy groups -OCH3 is 1. The number of rotatable bonds is 4. The number of ether oxygens (including phenoxy) is 1. The zero-order valence-corrected chi connectivity index (χ0v) is 9.76. The highest BCUT2D eigenvalue weighted by atomic mass is 16.5. The molecule has 0 aromatic heterocycles. The van der Waals surface area contributed by atoms with E-state index in [4.69, 9.17) is 5.26 Å². The Labute approximate surface area is 91.0 Å². The molecule has 0 aliphatic heterocycles. The Morgan fingerprint density at radius 1 is 1.40 bits per heavy atom. The fourth-order valence-electron chi connectivity index (χ4n) is 1.12. The van der Waals surface area contributed by atoms with E-state index >= 15 is 0 Å². The minimum atomic E-state index is -0.549. The molecule has 0 bridgehead atoms. The number of hydrogen-bond donors (Lipinski definition) is 0. The van der Waals surface area contributed by atoms with Gasteiger partial charge in [0.15, 0.2) is 0 Å². The third kappa shape index (κ3) is 5.02. The van der Waals surface area contributed by atoms with Crippen LogP contribution in [0.15, 0.2) is 22.8 Å². The summed E-state index contributed by atoms with van der Waals surface area (Å²) in [6.45, 7) is 5.82. The van der Waals surface area contributed by atoms with E-state index in [1.807, 2.05) is 19.9 Å². The first-order valence-electron chi connectivity index (χ1n) is 4.84. The lowest BCUT2D eigenvalue weighted by Crippen LogP contribution is -2.05. The van der Waals surface area contributed by atoms with Crippen LogP contribution in [0.5, 0.6) is 0 Å². The van der Waals surface area contributed by atoms with E-state index in [1.54, 1.807) is 6.92 Å². The standard InChI is InChI=1S/C12H17NO2/c1-9(2)6-5-7-10(3)11(8-13)12(14)15-4/h6H,5,7H2,1-4H3. The maximum Gasteiger partial charge on any atom is 0.348 e. The fraction of sp³-hybridized carbons (Fsp3) is 0.500. The lowest BCUT2D eigenvalue weighted by Gasteiger charge is -2.02. The van der Waals surface area contributed by atoms with Gasteiger partial charge in [-0.2, -0.15) is 5.26 Å². The normalized spacial score (nSPS) is 11.1. The zero-order valence-electron chi connectivity index (χ0n) is 9.76. The average Bonchev–Trinajstić information content (AvgIpc) is 2.18. The van der Waals surface area contributed by atoms with Gasteiger partial charge in [-0.1, -0.05) is 11.6 Å². The Hall–Kier alpha value is -1.56. The van der Waals surface area contributed by atoms with E-state index in [-0.39, 0.29) is 5.57 Å². The summed E-state index contributed by atoms with van der Waals surface area (Å²) in [5, 5.41) is 8.78. The number of hydrogen-bond acceptors (Lipinski definition) is 3. The lowest BCUT2D eigenvalue weighted by atomic mass is 10.1. The SMILES string of the molecule is COC(=O)C(C#N)=C(C)CCC=C(C)C. The zero-order chi connectivity index (χ0) is 11.8. The Morgan fingerprint density at radius 3 is 2.40 bits per heavy atom. The smallest absolute Gasteiger partial charge is 0.348 e. The minimum absolute atomic E-state index is 0.125. The van der Waals surface area contributed by atoms with Crippen LogP contribution >= 0.6 is 0 Å². The second-order valence-corrected chi connectivity index (χ2v) is 3.58. The Morgan fingerprint density at radius 2 is 2.00 bits per heavy atom. The maximum absolute atomic E-state index is 11.2. The van der Waals surface area contributed by atoms with E-state index < -0.39 is 5.97 Å². The molecule has 15 heavy (non-hydrogen) atoms. The molecule has 0 atom stereocenters. The van der Waals surface area contributed by atoms with Crippen LogP contribution < -0.4 is 0 Å². The van der Waals surface area contributed by atoms with Gasteiger partial charge in [-0.05, 0) is 39.2 Å². The van der Waals surface area contributed by atoms with Gasteiger partial charge < -0.3 is 4.74 Å². The molecule has 0 amide bonds. The third-order valence-corrected chi connectivity index (χ3v) is 2.00. The van der Waals surface area contributed by atoms with Crippen molar-refractivity contribution >= 4 is 5.97 Å². The fourth-order valence-corrected chi connectivity index (χ4v) is 1.12. The molecular weight excluding hydrogens is 190 g/mol. The van der Waals surface area contributed by atoms with Crippen molar-refractivity contribution in [3.8, 4) is 6.07 Å². The molecule has 0 spiro atoms. The van der Waals surface area contributed by atoms with Gasteiger partial charge in [0.05, 0.1) is 7.11 Å². The highest BCUT2D eigenvalue weighted by Gasteiger charge is 2.11. The first-order chi connectivity index (χ1) is 7.02. The molecule has 0 aromatic carbocycles. The summed E-state index contributed by atoms with van der Waals surface area (Å²) in [5.74, 6) is -0.549. The number of esters is 1. The summed E-state index contributed by atoms with van der Waals surface area (Å²) >= 11 is 0. The predicted molar refractivity (Wildman–Crippen MR) is 59.0 cm³/mol. The van der Waals surface area contributed by atoms with Crippen molar-refractivity contribution in [1.82, 2.24) is 0 Å². The predicted octanol–water partition coefficient (Wildman–Crippen LogP) is 2.75. The number of nitriles is 1. The molecule has 82 valence electrons. The summed E-state index contributed by atoms with van der Waals surface area (Å²) in [6, 6.07) is 1.88. The quantitative estimate of drug-likeness (QED) is 0.308. The van der Waals surface area contributed by atoms with Gasteiger partial charge >= 0.3 is 5.97 Å². The molecule has 0 saturated carbocycles. The van der Waals surface area contributed by atoms with E-state index in [0.717, 1.165) is 12.0 Å². The Kier molecular flexibility index (Phi) is 6.12. The van der Waals surface area contributed by atoms with Gasteiger partial charge in [0.2, 0.25) is 0 Å². The van der Waals surface area contributed by atoms with Crippen molar-refractivity contribution in [2.45, 2.75) is 33.6 Å². The van der Waals surface area contributed by atoms with Crippen molar-refractivity contribution in [2.24, 2.45) is 0 Å². The first kappa shape index (κ1) is 13.4. The molecule has 0 heterocycles. The summed E-state index contributed by atoms with van der Waals surface area (Å²) in [4.78, 5) is 11.2. The minimum Gasteiger partial charge on any atom is -0.465 e. The van der Waals surface area contributed by atoms with Crippen LogP contribution in [-0.2, 0) is 9.53 Å². The molecule has 0 aliphatic carbocycles. The maximum atomic E-state index is 11.2. The molecule has 0 rings (SSSR count). The second kappa shape index (κ2) is 6.83. The summed E-state index contributed by atoms with van der Waals surface area (Å²) < 4.78 is 4.52. The van der Waals surface area contributed by atoms with Gasteiger partial charge in [0, 0.05) is 0 Å². The number of carbonyl (C=O) groups excluding carboxylic acids is 1. The van der Waals surface area contributed by atoms with Gasteiger partial charge in [0.1, 0.15) is 11.6 Å². The van der Waals surface area contributed by atoms with E-state index in [1.165, 1.54) is 12.7 Å². The van der Waals surface area contributed by atoms with Crippen LogP contribution in [0.4, 0.5) is 0 Å². The molecule has 0 saturated heterocycles. The van der Waals surface area contributed by atoms with E-state index in [0.29, 0.717) is 6.42 Å². The Bertz CT molecular complexity index is 328. The molecular formula is C12H17NO2. The van der Waals surface area contributed by atoms with E-state index in [9.17, 15) is 4.79 Å². The number of nitrogens with zero attached hydrogens (tertiary/aromatic N) is 1. The molecule has 0 aromatic rings. The molecule has 0 N–H and O–H groups in total. The third-order valence-electron chi connectivity index (χ3n) is 2.00. The van der Waals surface area contributed by atoms with Crippen LogP contribution in [0.1, 0.15) is 33.6 Å². The van der Waals surface area contributed by atoms with Crippen molar-refractivity contribution in [1.29, 1.82) is 5.26 Å². The van der Waals surface area contributed by atoms with Gasteiger partial charge in [-0.3, -0.25) is 0 Å². The number of allylic oxidation sites excluding steroid dienone is 3. The summed E-state index contributed by atoms with van der Waals surface area (Å²) in [5.41, 5.74) is 2.14. The monoisotopic (exact) mass is 207 g/mol. The molecule has 0 unspecified atom stereocenters. The number of carbonyl (C=O) groups is 1. The topological polar surface area (TPSA) is 50.1 Å². The molecule has 3 heteroatoms. The van der Waals surface area contributed by atoms with Crippen molar-refractivity contribution in [2.75, 3.05) is 7.11 Å². The summed E-state index contributed by atoms with van der Waals surface area (Å²) in [6.07, 6.45) is 3.63. The average molecular weight is 207 g/mol. The second-order valence-electron chi connectivity index (χ2n) is 3.58. The van der Waals surface area contributed by atoms with Gasteiger partial charge in [0.25, 0.3) is 0 Å². The van der Waals surface area contributed by atoms with Crippen molar-refractivity contribution in [3.05, 3.63) is 22.8 Å². The largest absolute Gasteiger partial charge is 0.465 e. The van der Waals surface area contributed by atoms with Crippen LogP contribution in [0.2, 0.25) is 0 Å². The van der Waals surface area contributed by atoms with Crippen molar-refractivity contribution < 1.29 is 9.53 Å². The van der Waals surface area contributed by atoms with Crippen molar-refractivity contribution in [3.63, 3.8) is 0 Å². The highest BCUT2D eigenvalue weighted by molar-refractivity contribution is 5.93. The lowest BCUT2D eigenvalue weighted by molar-refractivity contribution is -0.135. The molecule has 0 radical (unpaired) electrons. The highest BCUT2D eigenvalue weighted by Crippen LogP contribution is 2.12. The van der Waals surface area contributed by atoms with E-state index in [2.05, 4.69) is 10.8 Å². The molecule has 0 aliphatic rings. The summed E-state index contributed by atoms with van der Waals surface area (Å²) in [7, 11) is 1.28. The Balaban J connectivity index is 4.55. The van der Waals surface area contributed by atoms with Crippen LogP contribution in [0.3, 0.4) is 0 Å². The van der Waals surface area contributed by atoms with Gasteiger partial charge in [-0.15, -0.1) is 0 Å². The molecule has 0 fully saturated rings. The van der Waals surface area contributed by atoms with Crippen LogP contribution in [0.25, 0.3) is 0 Å².